The molecule has 0 radical (unpaired) electrons. The van der Waals surface area contributed by atoms with Gasteiger partial charge < -0.3 is 19.9 Å². The number of fused-ring (bicyclic) bond motifs is 2. The van der Waals surface area contributed by atoms with Crippen molar-refractivity contribution in [2.24, 2.45) is 0 Å². The number of aromatic nitrogens is 3. The van der Waals surface area contributed by atoms with Gasteiger partial charge in [-0.1, -0.05) is 11.6 Å². The van der Waals surface area contributed by atoms with Gasteiger partial charge in [0.05, 0.1) is 23.0 Å². The van der Waals surface area contributed by atoms with Gasteiger partial charge in [-0.25, -0.2) is 18.6 Å². The summed E-state index contributed by atoms with van der Waals surface area (Å²) in [6.45, 7) is 1.35. The Hall–Kier alpha value is -3.90. The van der Waals surface area contributed by atoms with Crippen molar-refractivity contribution in [3.05, 3.63) is 75.8 Å². The molecular weight excluding hydrogens is 516 g/mol. The minimum absolute atomic E-state index is 0.0461. The summed E-state index contributed by atoms with van der Waals surface area (Å²) in [7, 11) is 0. The minimum Gasteiger partial charge on any atom is -0.460 e. The third-order valence-electron chi connectivity index (χ3n) is 5.49. The second-order valence-electron chi connectivity index (χ2n) is 7.77. The van der Waals surface area contributed by atoms with E-state index in [-0.39, 0.29) is 46.8 Å². The number of anilines is 1. The van der Waals surface area contributed by atoms with Gasteiger partial charge in [-0.05, 0) is 54.9 Å². The molecule has 0 bridgehead atoms. The van der Waals surface area contributed by atoms with Crippen molar-refractivity contribution in [1.29, 1.82) is 0 Å². The topological polar surface area (TPSA) is 115 Å². The van der Waals surface area contributed by atoms with Gasteiger partial charge in [0.1, 0.15) is 23.9 Å². The zero-order valence-electron chi connectivity index (χ0n) is 18.5. The van der Waals surface area contributed by atoms with Gasteiger partial charge in [0.25, 0.3) is 5.91 Å². The van der Waals surface area contributed by atoms with Gasteiger partial charge in [0, 0.05) is 16.0 Å². The first-order valence-corrected chi connectivity index (χ1v) is 11.8. The maximum absolute atomic E-state index is 14.1. The smallest absolute Gasteiger partial charge is 0.374 e. The van der Waals surface area contributed by atoms with Crippen LogP contribution in [0.5, 0.6) is 0 Å². The van der Waals surface area contributed by atoms with E-state index < -0.39 is 35.5 Å². The molecule has 2 aromatic carbocycles. The predicted molar refractivity (Wildman–Crippen MR) is 127 cm³/mol. The Balaban J connectivity index is 1.64. The quantitative estimate of drug-likeness (QED) is 0.375. The van der Waals surface area contributed by atoms with Crippen LogP contribution in [0, 0.1) is 11.6 Å². The van der Waals surface area contributed by atoms with Gasteiger partial charge in [-0.15, -0.1) is 0 Å². The third kappa shape index (κ3) is 4.18. The molecule has 2 aromatic heterocycles. The summed E-state index contributed by atoms with van der Waals surface area (Å²) in [6.07, 6.45) is 0. The molecule has 0 saturated carbocycles. The standard InChI is InChI=1S/C23H16ClF2N5O4S/c1-2-35-23(34)21-28-20(29-22(33)18-13-8-11(26)4-6-15(13)36-30-18)19-17(27-16(32)9-31(19)21)12-7-10(25)3-5-14(12)24/h3-8,17H,2,9H2,1H3,(H,27,32)(H,29,33)/t17-/m0/s1. The first kappa shape index (κ1) is 23.8. The Morgan fingerprint density at radius 2 is 2.00 bits per heavy atom. The fourth-order valence-electron chi connectivity index (χ4n) is 3.98. The van der Waals surface area contributed by atoms with E-state index in [1.807, 2.05) is 0 Å². The van der Waals surface area contributed by atoms with Crippen molar-refractivity contribution in [2.75, 3.05) is 11.9 Å². The molecule has 2 amide bonds. The molecule has 5 rings (SSSR count). The van der Waals surface area contributed by atoms with Crippen molar-refractivity contribution in [3.8, 4) is 0 Å². The summed E-state index contributed by atoms with van der Waals surface area (Å²) in [5.41, 5.74) is 0.330. The molecule has 1 atom stereocenters. The fraction of sp³-hybridized carbons (Fsp3) is 0.174. The van der Waals surface area contributed by atoms with Gasteiger partial charge in [-0.2, -0.15) is 4.37 Å². The van der Waals surface area contributed by atoms with Crippen LogP contribution < -0.4 is 10.6 Å². The molecule has 0 fully saturated rings. The monoisotopic (exact) mass is 531 g/mol. The number of carbonyl (C=O) groups is 3. The molecule has 3 heterocycles. The molecule has 9 nitrogen and oxygen atoms in total. The number of carbonyl (C=O) groups excluding carboxylic acids is 3. The van der Waals surface area contributed by atoms with Gasteiger partial charge in [0.15, 0.2) is 5.82 Å². The van der Waals surface area contributed by atoms with E-state index in [1.165, 1.54) is 28.8 Å². The summed E-state index contributed by atoms with van der Waals surface area (Å²) in [4.78, 5) is 42.6. The largest absolute Gasteiger partial charge is 0.460 e. The lowest BCUT2D eigenvalue weighted by Crippen LogP contribution is -2.40. The van der Waals surface area contributed by atoms with Gasteiger partial charge in [-0.3, -0.25) is 9.59 Å². The van der Waals surface area contributed by atoms with E-state index in [1.54, 1.807) is 6.92 Å². The molecular formula is C23H16ClF2N5O4S. The average Bonchev–Trinajstić information content (AvgIpc) is 3.41. The van der Waals surface area contributed by atoms with Crippen LogP contribution >= 0.6 is 23.1 Å². The number of hydrogen-bond acceptors (Lipinski definition) is 7. The number of ether oxygens (including phenoxy) is 1. The summed E-state index contributed by atoms with van der Waals surface area (Å²) in [5.74, 6) is -3.50. The molecule has 4 aromatic rings. The van der Waals surface area contributed by atoms with Crippen LogP contribution in [-0.4, -0.2) is 38.3 Å². The molecule has 0 unspecified atom stereocenters. The van der Waals surface area contributed by atoms with Crippen LogP contribution in [0.3, 0.4) is 0 Å². The Morgan fingerprint density at radius 3 is 2.78 bits per heavy atom. The lowest BCUT2D eigenvalue weighted by Gasteiger charge is -2.28. The zero-order valence-corrected chi connectivity index (χ0v) is 20.0. The van der Waals surface area contributed by atoms with Crippen molar-refractivity contribution in [1.82, 2.24) is 19.2 Å². The number of nitrogens with one attached hydrogen (secondary N) is 2. The normalized spacial score (nSPS) is 14.9. The molecule has 13 heteroatoms. The maximum atomic E-state index is 14.1. The number of hydrogen-bond donors (Lipinski definition) is 2. The number of imidazole rings is 1. The Bertz CT molecular complexity index is 1550. The van der Waals surface area contributed by atoms with E-state index in [0.717, 1.165) is 23.7 Å². The lowest BCUT2D eigenvalue weighted by molar-refractivity contribution is -0.123. The number of benzene rings is 2. The number of amides is 2. The van der Waals surface area contributed by atoms with Crippen molar-refractivity contribution in [3.63, 3.8) is 0 Å². The molecule has 36 heavy (non-hydrogen) atoms. The molecule has 0 aliphatic carbocycles. The Labute approximate surface area is 211 Å². The average molecular weight is 532 g/mol. The highest BCUT2D eigenvalue weighted by atomic mass is 35.5. The van der Waals surface area contributed by atoms with Gasteiger partial charge in [0.2, 0.25) is 11.7 Å². The van der Waals surface area contributed by atoms with E-state index in [4.69, 9.17) is 16.3 Å². The van der Waals surface area contributed by atoms with E-state index >= 15 is 0 Å². The summed E-state index contributed by atoms with van der Waals surface area (Å²) in [6, 6.07) is 6.54. The zero-order chi connectivity index (χ0) is 25.6. The number of halogens is 3. The molecule has 1 aliphatic rings. The highest BCUT2D eigenvalue weighted by Gasteiger charge is 2.36. The van der Waals surface area contributed by atoms with E-state index in [0.29, 0.717) is 10.1 Å². The SMILES string of the molecule is CCOC(=O)c1nc(NC(=O)c2nsc3ccc(F)cc23)c2n1CC(=O)N[C@H]2c1cc(F)ccc1Cl. The number of rotatable bonds is 5. The summed E-state index contributed by atoms with van der Waals surface area (Å²) in [5, 5.41) is 5.76. The molecule has 2 N–H and O–H groups in total. The van der Waals surface area contributed by atoms with Crippen molar-refractivity contribution >= 4 is 56.8 Å². The molecule has 1 aliphatic heterocycles. The summed E-state index contributed by atoms with van der Waals surface area (Å²) >= 11 is 7.33. The molecule has 0 spiro atoms. The Morgan fingerprint density at radius 1 is 1.25 bits per heavy atom. The second kappa shape index (κ2) is 9.28. The maximum Gasteiger partial charge on any atom is 0.374 e. The van der Waals surface area contributed by atoms with E-state index in [9.17, 15) is 23.2 Å². The van der Waals surface area contributed by atoms with Crippen LogP contribution in [0.25, 0.3) is 10.1 Å². The number of esters is 1. The van der Waals surface area contributed by atoms with Crippen LogP contribution in [0.15, 0.2) is 36.4 Å². The Kier molecular flexibility index (Phi) is 6.14. The predicted octanol–water partition coefficient (Wildman–Crippen LogP) is 4.07. The van der Waals surface area contributed by atoms with Crippen LogP contribution in [-0.2, 0) is 16.1 Å². The van der Waals surface area contributed by atoms with Crippen LogP contribution in [0.2, 0.25) is 5.02 Å². The first-order chi connectivity index (χ1) is 17.3. The third-order valence-corrected chi connectivity index (χ3v) is 6.66. The second-order valence-corrected chi connectivity index (χ2v) is 8.98. The highest BCUT2D eigenvalue weighted by molar-refractivity contribution is 7.13. The molecule has 184 valence electrons. The van der Waals surface area contributed by atoms with Crippen LogP contribution in [0.4, 0.5) is 14.6 Å². The highest BCUT2D eigenvalue weighted by Crippen LogP contribution is 2.36. The fourth-order valence-corrected chi connectivity index (χ4v) is 4.96. The molecule has 0 saturated heterocycles. The summed E-state index contributed by atoms with van der Waals surface area (Å²) < 4.78 is 39.0. The minimum atomic E-state index is -1.05. The van der Waals surface area contributed by atoms with E-state index in [2.05, 4.69) is 20.0 Å². The van der Waals surface area contributed by atoms with Crippen molar-refractivity contribution in [2.45, 2.75) is 19.5 Å². The lowest BCUT2D eigenvalue weighted by atomic mass is 10.0. The number of nitrogens with zero attached hydrogens (tertiary/aromatic N) is 3. The van der Waals surface area contributed by atoms with Crippen LogP contribution in [0.1, 0.15) is 45.3 Å². The van der Waals surface area contributed by atoms with Crippen molar-refractivity contribution < 1.29 is 27.9 Å². The first-order valence-electron chi connectivity index (χ1n) is 10.6. The van der Waals surface area contributed by atoms with Gasteiger partial charge >= 0.3 is 5.97 Å².